The van der Waals surface area contributed by atoms with Gasteiger partial charge in [-0.1, -0.05) is 23.2 Å². The second kappa shape index (κ2) is 11.7. The minimum absolute atomic E-state index is 0.0126. The number of halogens is 4. The van der Waals surface area contributed by atoms with Crippen LogP contribution in [0.1, 0.15) is 41.5 Å². The van der Waals surface area contributed by atoms with Gasteiger partial charge in [0.05, 0.1) is 27.7 Å². The van der Waals surface area contributed by atoms with Gasteiger partial charge in [0, 0.05) is 36.3 Å². The van der Waals surface area contributed by atoms with Crippen LogP contribution in [0.5, 0.6) is 0 Å². The van der Waals surface area contributed by atoms with Crippen LogP contribution < -0.4 is 10.9 Å². The smallest absolute Gasteiger partial charge is 0.343 e. The maximum Gasteiger partial charge on any atom is 0.343 e. The quantitative estimate of drug-likeness (QED) is 0.319. The van der Waals surface area contributed by atoms with Crippen molar-refractivity contribution in [2.24, 2.45) is 0 Å². The lowest BCUT2D eigenvalue weighted by atomic mass is 10.1. The van der Waals surface area contributed by atoms with Crippen molar-refractivity contribution in [3.05, 3.63) is 89.9 Å². The summed E-state index contributed by atoms with van der Waals surface area (Å²) in [7, 11) is 0. The van der Waals surface area contributed by atoms with E-state index in [2.05, 4.69) is 0 Å². The Kier molecular flexibility index (Phi) is 8.90. The molecule has 200 valence electrons. The second-order valence-corrected chi connectivity index (χ2v) is 8.72. The normalized spacial score (nSPS) is 10.8. The first-order chi connectivity index (χ1) is 17.9. The highest BCUT2D eigenvalue weighted by Crippen LogP contribution is 2.23. The molecule has 0 amide bonds. The van der Waals surface area contributed by atoms with E-state index in [1.54, 1.807) is 23.0 Å². The Hall–Kier alpha value is -3.76. The lowest BCUT2D eigenvalue weighted by Gasteiger charge is -2.11. The minimum Gasteiger partial charge on any atom is -0.477 e. The number of aryl methyl sites for hydroxylation is 2. The molecule has 0 unspecified atom stereocenters. The zero-order valence-corrected chi connectivity index (χ0v) is 22.0. The number of carboxylic acids is 1. The standard InChI is InChI=1S/C14H13ClFNO3.C12H9ClFNO3/c1-3-17-7-9(14(19)20-4-2)13(18)8-5-11(16)10(15)6-12(8)17;1-2-15-5-7(12(17)18)11(16)6-3-9(14)8(13)4-10(6)15/h5-7H,3-4H2,1-2H3;3-5H,2H2,1H3,(H,17,18). The fourth-order valence-corrected chi connectivity index (χ4v) is 4.12. The van der Waals surface area contributed by atoms with Gasteiger partial charge in [0.2, 0.25) is 10.9 Å². The number of esters is 1. The van der Waals surface area contributed by atoms with E-state index in [1.165, 1.54) is 24.5 Å². The molecular formula is C26H22Cl2F2N2O6. The van der Waals surface area contributed by atoms with Crippen LogP contribution in [0, 0.1) is 11.6 Å². The Morgan fingerprint density at radius 1 is 0.816 bits per heavy atom. The molecule has 2 aromatic heterocycles. The first kappa shape index (κ1) is 28.8. The fourth-order valence-electron chi connectivity index (χ4n) is 3.80. The highest BCUT2D eigenvalue weighted by atomic mass is 35.5. The highest BCUT2D eigenvalue weighted by molar-refractivity contribution is 6.31. The largest absolute Gasteiger partial charge is 0.477 e. The van der Waals surface area contributed by atoms with Crippen molar-refractivity contribution in [1.82, 2.24) is 9.13 Å². The number of rotatable bonds is 5. The third kappa shape index (κ3) is 5.56. The third-order valence-electron chi connectivity index (χ3n) is 5.65. The summed E-state index contributed by atoms with van der Waals surface area (Å²) in [5.41, 5.74) is -0.860. The second-order valence-electron chi connectivity index (χ2n) is 7.91. The summed E-state index contributed by atoms with van der Waals surface area (Å²) in [6.07, 6.45) is 2.65. The molecule has 2 heterocycles. The van der Waals surface area contributed by atoms with Gasteiger partial charge in [0.1, 0.15) is 22.8 Å². The molecule has 0 aliphatic carbocycles. The molecule has 0 spiro atoms. The summed E-state index contributed by atoms with van der Waals surface area (Å²) >= 11 is 11.4. The van der Waals surface area contributed by atoms with E-state index in [1.807, 2.05) is 6.92 Å². The number of hydrogen-bond acceptors (Lipinski definition) is 5. The summed E-state index contributed by atoms with van der Waals surface area (Å²) in [6.45, 7) is 6.39. The molecule has 0 fully saturated rings. The number of aromatic nitrogens is 2. The predicted octanol–water partition coefficient (Wildman–Crippen LogP) is 5.50. The number of carboxylic acid groups (broad SMARTS) is 1. The van der Waals surface area contributed by atoms with E-state index in [0.29, 0.717) is 24.1 Å². The maximum atomic E-state index is 13.5. The van der Waals surface area contributed by atoms with Crippen LogP contribution in [0.3, 0.4) is 0 Å². The number of benzene rings is 2. The zero-order chi connectivity index (χ0) is 28.3. The Labute approximate surface area is 224 Å². The Morgan fingerprint density at radius 3 is 1.63 bits per heavy atom. The van der Waals surface area contributed by atoms with Gasteiger partial charge in [0.15, 0.2) is 0 Å². The Balaban J connectivity index is 0.000000212. The van der Waals surface area contributed by atoms with Gasteiger partial charge in [0.25, 0.3) is 0 Å². The average molecular weight is 567 g/mol. The molecule has 2 aromatic carbocycles. The SMILES string of the molecule is CCOC(=O)c1cn(CC)c2cc(Cl)c(F)cc2c1=O.CCn1cc(C(=O)O)c(=O)c2cc(F)c(Cl)cc21. The van der Waals surface area contributed by atoms with Gasteiger partial charge < -0.3 is 19.0 Å². The van der Waals surface area contributed by atoms with Crippen molar-refractivity contribution in [3.8, 4) is 0 Å². The molecule has 4 rings (SSSR count). The Bertz CT molecular complexity index is 1700. The van der Waals surface area contributed by atoms with E-state index >= 15 is 0 Å². The Morgan fingerprint density at radius 2 is 1.24 bits per heavy atom. The molecule has 0 aliphatic heterocycles. The summed E-state index contributed by atoms with van der Waals surface area (Å²) in [5, 5.41) is 8.89. The van der Waals surface area contributed by atoms with Gasteiger partial charge in [-0.2, -0.15) is 0 Å². The van der Waals surface area contributed by atoms with Crippen molar-refractivity contribution >= 4 is 56.9 Å². The molecule has 1 N–H and O–H groups in total. The van der Waals surface area contributed by atoms with E-state index in [0.717, 1.165) is 12.1 Å². The van der Waals surface area contributed by atoms with Crippen LogP contribution in [0.25, 0.3) is 21.8 Å². The van der Waals surface area contributed by atoms with E-state index in [-0.39, 0.29) is 38.6 Å². The molecule has 38 heavy (non-hydrogen) atoms. The van der Waals surface area contributed by atoms with E-state index < -0.39 is 34.4 Å². The van der Waals surface area contributed by atoms with Crippen molar-refractivity contribution in [1.29, 1.82) is 0 Å². The molecular weight excluding hydrogens is 545 g/mol. The van der Waals surface area contributed by atoms with Crippen LogP contribution >= 0.6 is 23.2 Å². The van der Waals surface area contributed by atoms with Crippen LogP contribution in [-0.4, -0.2) is 32.8 Å². The van der Waals surface area contributed by atoms with Crippen LogP contribution in [0.15, 0.2) is 46.2 Å². The molecule has 0 atom stereocenters. The van der Waals surface area contributed by atoms with Crippen molar-refractivity contribution in [3.63, 3.8) is 0 Å². The van der Waals surface area contributed by atoms with Gasteiger partial charge in [-0.15, -0.1) is 0 Å². The monoisotopic (exact) mass is 566 g/mol. The lowest BCUT2D eigenvalue weighted by molar-refractivity contribution is 0.0523. The third-order valence-corrected chi connectivity index (χ3v) is 6.23. The minimum atomic E-state index is -1.33. The summed E-state index contributed by atoms with van der Waals surface area (Å²) in [5.74, 6) is -3.48. The average Bonchev–Trinajstić information content (AvgIpc) is 2.87. The number of carbonyl (C=O) groups is 2. The van der Waals surface area contributed by atoms with Gasteiger partial charge >= 0.3 is 11.9 Å². The number of fused-ring (bicyclic) bond motifs is 2. The first-order valence-corrected chi connectivity index (χ1v) is 12.1. The van der Waals surface area contributed by atoms with Gasteiger partial charge in [-0.3, -0.25) is 9.59 Å². The predicted molar refractivity (Wildman–Crippen MR) is 141 cm³/mol. The molecule has 0 bridgehead atoms. The summed E-state index contributed by atoms with van der Waals surface area (Å²) in [6, 6.07) is 4.72. The first-order valence-electron chi connectivity index (χ1n) is 11.4. The molecule has 0 radical (unpaired) electrons. The van der Waals surface area contributed by atoms with Crippen molar-refractivity contribution < 1.29 is 28.2 Å². The summed E-state index contributed by atoms with van der Waals surface area (Å²) < 4.78 is 35.0. The summed E-state index contributed by atoms with van der Waals surface area (Å²) in [4.78, 5) is 46.9. The topological polar surface area (TPSA) is 108 Å². The van der Waals surface area contributed by atoms with Gasteiger partial charge in [-0.25, -0.2) is 18.4 Å². The molecule has 0 saturated carbocycles. The number of carbonyl (C=O) groups excluding carboxylic acids is 1. The lowest BCUT2D eigenvalue weighted by Crippen LogP contribution is -2.21. The van der Waals surface area contributed by atoms with Crippen molar-refractivity contribution in [2.75, 3.05) is 6.61 Å². The van der Waals surface area contributed by atoms with Crippen LogP contribution in [-0.2, 0) is 17.8 Å². The molecule has 0 saturated heterocycles. The van der Waals surface area contributed by atoms with Crippen LogP contribution in [0.4, 0.5) is 8.78 Å². The molecule has 8 nitrogen and oxygen atoms in total. The number of ether oxygens (including phenoxy) is 1. The number of nitrogens with zero attached hydrogens (tertiary/aromatic N) is 2. The number of pyridine rings is 2. The number of aromatic carboxylic acids is 1. The van der Waals surface area contributed by atoms with E-state index in [9.17, 15) is 28.0 Å². The molecule has 0 aliphatic rings. The number of hydrogen-bond donors (Lipinski definition) is 1. The van der Waals surface area contributed by atoms with Crippen molar-refractivity contribution in [2.45, 2.75) is 33.9 Å². The maximum absolute atomic E-state index is 13.5. The zero-order valence-electron chi connectivity index (χ0n) is 20.5. The molecule has 12 heteroatoms. The van der Waals surface area contributed by atoms with Crippen LogP contribution in [0.2, 0.25) is 10.0 Å². The van der Waals surface area contributed by atoms with Gasteiger partial charge in [-0.05, 0) is 45.0 Å². The highest BCUT2D eigenvalue weighted by Gasteiger charge is 2.18. The van der Waals surface area contributed by atoms with E-state index in [4.69, 9.17) is 33.0 Å². The molecule has 4 aromatic rings. The fraction of sp³-hybridized carbons (Fsp3) is 0.231.